The third-order valence-electron chi connectivity index (χ3n) is 2.27. The summed E-state index contributed by atoms with van der Waals surface area (Å²) in [6.07, 6.45) is 4.49. The third kappa shape index (κ3) is 3.01. The van der Waals surface area contributed by atoms with Crippen molar-refractivity contribution in [3.8, 4) is 0 Å². The fourth-order valence-electron chi connectivity index (χ4n) is 1.24. The fraction of sp³-hybridized carbons (Fsp3) is 1.00. The van der Waals surface area contributed by atoms with Gasteiger partial charge < -0.3 is 11.1 Å². The highest BCUT2D eigenvalue weighted by Crippen LogP contribution is 2.17. The highest BCUT2D eigenvalue weighted by Gasteiger charge is 2.25. The van der Waals surface area contributed by atoms with Crippen LogP contribution in [0.1, 0.15) is 19.8 Å². The summed E-state index contributed by atoms with van der Waals surface area (Å²) in [5.74, 6) is 0. The van der Waals surface area contributed by atoms with Crippen LogP contribution >= 0.6 is 11.8 Å². The Morgan fingerprint density at radius 1 is 1.64 bits per heavy atom. The molecule has 0 saturated heterocycles. The monoisotopic (exact) mass is 174 g/mol. The van der Waals surface area contributed by atoms with Crippen LogP contribution in [0.5, 0.6) is 0 Å². The maximum atomic E-state index is 5.66. The normalized spacial score (nSPS) is 33.0. The molecule has 0 aromatic heterocycles. The molecule has 3 heteroatoms. The van der Waals surface area contributed by atoms with Crippen LogP contribution < -0.4 is 11.1 Å². The van der Waals surface area contributed by atoms with E-state index in [9.17, 15) is 0 Å². The molecule has 0 amide bonds. The van der Waals surface area contributed by atoms with Gasteiger partial charge in [0.05, 0.1) is 0 Å². The molecular formula is C8H18N2S. The van der Waals surface area contributed by atoms with Crippen LogP contribution in [0.15, 0.2) is 0 Å². The molecule has 1 fully saturated rings. The van der Waals surface area contributed by atoms with Crippen LogP contribution in [0.4, 0.5) is 0 Å². The molecular weight excluding hydrogens is 156 g/mol. The predicted octanol–water partition coefficient (Wildman–Crippen LogP) is 0.817. The molecule has 0 aromatic carbocycles. The van der Waals surface area contributed by atoms with E-state index in [0.29, 0.717) is 12.1 Å². The van der Waals surface area contributed by atoms with E-state index in [2.05, 4.69) is 18.5 Å². The van der Waals surface area contributed by atoms with E-state index in [1.54, 1.807) is 0 Å². The summed E-state index contributed by atoms with van der Waals surface area (Å²) in [5.41, 5.74) is 5.66. The zero-order chi connectivity index (χ0) is 8.27. The Balaban J connectivity index is 1.96. The highest BCUT2D eigenvalue weighted by molar-refractivity contribution is 7.99. The molecule has 1 saturated carbocycles. The summed E-state index contributed by atoms with van der Waals surface area (Å²) in [4.78, 5) is 0. The van der Waals surface area contributed by atoms with Gasteiger partial charge in [0.15, 0.2) is 0 Å². The Morgan fingerprint density at radius 3 is 2.73 bits per heavy atom. The lowest BCUT2D eigenvalue weighted by molar-refractivity contribution is 0.294. The Hall–Kier alpha value is 0.270. The van der Waals surface area contributed by atoms with Crippen molar-refractivity contribution in [2.24, 2.45) is 5.73 Å². The SMILES string of the molecule is CSC(C)CNC1CC(N)C1. The fourth-order valence-corrected chi connectivity index (χ4v) is 1.51. The lowest BCUT2D eigenvalue weighted by atomic mass is 9.88. The molecule has 11 heavy (non-hydrogen) atoms. The molecule has 66 valence electrons. The smallest absolute Gasteiger partial charge is 0.0141 e. The maximum absolute atomic E-state index is 5.66. The molecule has 1 rings (SSSR count). The minimum Gasteiger partial charge on any atom is -0.328 e. The largest absolute Gasteiger partial charge is 0.328 e. The Bertz CT molecular complexity index is 113. The summed E-state index contributed by atoms with van der Waals surface area (Å²) in [6, 6.07) is 1.18. The van der Waals surface area contributed by atoms with Gasteiger partial charge in [0.25, 0.3) is 0 Å². The van der Waals surface area contributed by atoms with Crippen molar-refractivity contribution >= 4 is 11.8 Å². The number of nitrogens with one attached hydrogen (secondary N) is 1. The topological polar surface area (TPSA) is 38.0 Å². The summed E-state index contributed by atoms with van der Waals surface area (Å²) in [5, 5.41) is 4.23. The van der Waals surface area contributed by atoms with Gasteiger partial charge in [0, 0.05) is 23.9 Å². The van der Waals surface area contributed by atoms with Crippen molar-refractivity contribution in [3.63, 3.8) is 0 Å². The second-order valence-electron chi connectivity index (χ2n) is 3.38. The lowest BCUT2D eigenvalue weighted by Gasteiger charge is -2.33. The zero-order valence-corrected chi connectivity index (χ0v) is 8.16. The quantitative estimate of drug-likeness (QED) is 0.662. The second-order valence-corrected chi connectivity index (χ2v) is 4.66. The van der Waals surface area contributed by atoms with Crippen LogP contribution in [-0.2, 0) is 0 Å². The van der Waals surface area contributed by atoms with E-state index in [1.165, 1.54) is 12.8 Å². The summed E-state index contributed by atoms with van der Waals surface area (Å²) in [7, 11) is 0. The van der Waals surface area contributed by atoms with Gasteiger partial charge >= 0.3 is 0 Å². The van der Waals surface area contributed by atoms with Gasteiger partial charge in [0.1, 0.15) is 0 Å². The molecule has 0 aliphatic heterocycles. The van der Waals surface area contributed by atoms with E-state index >= 15 is 0 Å². The predicted molar refractivity (Wildman–Crippen MR) is 52.0 cm³/mol. The van der Waals surface area contributed by atoms with Crippen LogP contribution in [0.3, 0.4) is 0 Å². The Kier molecular flexibility index (Phi) is 3.69. The van der Waals surface area contributed by atoms with E-state index in [-0.39, 0.29) is 0 Å². The van der Waals surface area contributed by atoms with Gasteiger partial charge in [0.2, 0.25) is 0 Å². The maximum Gasteiger partial charge on any atom is 0.0141 e. The summed E-state index contributed by atoms with van der Waals surface area (Å²) < 4.78 is 0. The number of nitrogens with two attached hydrogens (primary N) is 1. The minimum absolute atomic E-state index is 0.470. The van der Waals surface area contributed by atoms with Crippen molar-refractivity contribution < 1.29 is 0 Å². The van der Waals surface area contributed by atoms with Crippen molar-refractivity contribution in [1.82, 2.24) is 5.32 Å². The Labute approximate surface area is 73.3 Å². The minimum atomic E-state index is 0.470. The molecule has 0 bridgehead atoms. The number of hydrogen-bond acceptors (Lipinski definition) is 3. The second kappa shape index (κ2) is 4.33. The highest BCUT2D eigenvalue weighted by atomic mass is 32.2. The average Bonchev–Trinajstić information content (AvgIpc) is 1.95. The van der Waals surface area contributed by atoms with Crippen LogP contribution in [0, 0.1) is 0 Å². The molecule has 3 N–H and O–H groups in total. The average molecular weight is 174 g/mol. The van der Waals surface area contributed by atoms with Crippen LogP contribution in [0.25, 0.3) is 0 Å². The van der Waals surface area contributed by atoms with Crippen molar-refractivity contribution in [2.45, 2.75) is 37.1 Å². The van der Waals surface area contributed by atoms with Gasteiger partial charge in [-0.2, -0.15) is 11.8 Å². The van der Waals surface area contributed by atoms with Gasteiger partial charge in [-0.25, -0.2) is 0 Å². The van der Waals surface area contributed by atoms with Crippen LogP contribution in [-0.4, -0.2) is 30.1 Å². The van der Waals surface area contributed by atoms with E-state index in [0.717, 1.165) is 11.8 Å². The summed E-state index contributed by atoms with van der Waals surface area (Å²) in [6.45, 7) is 3.37. The number of hydrogen-bond donors (Lipinski definition) is 2. The van der Waals surface area contributed by atoms with Gasteiger partial charge in [-0.3, -0.25) is 0 Å². The molecule has 1 aliphatic rings. The van der Waals surface area contributed by atoms with Crippen LogP contribution in [0.2, 0.25) is 0 Å². The van der Waals surface area contributed by atoms with Gasteiger partial charge in [-0.05, 0) is 19.1 Å². The lowest BCUT2D eigenvalue weighted by Crippen LogP contribution is -2.49. The molecule has 0 aromatic rings. The molecule has 0 radical (unpaired) electrons. The standard InChI is InChI=1S/C8H18N2S/c1-6(11-2)5-10-8-3-7(9)4-8/h6-8,10H,3-5,9H2,1-2H3. The first-order chi connectivity index (χ1) is 5.22. The Morgan fingerprint density at radius 2 is 2.27 bits per heavy atom. The van der Waals surface area contributed by atoms with E-state index in [1.807, 2.05) is 11.8 Å². The van der Waals surface area contributed by atoms with Crippen molar-refractivity contribution in [3.05, 3.63) is 0 Å². The molecule has 1 unspecified atom stereocenters. The number of thioether (sulfide) groups is 1. The molecule has 1 aliphatic carbocycles. The molecule has 2 nitrogen and oxygen atoms in total. The third-order valence-corrected chi connectivity index (χ3v) is 3.24. The summed E-state index contributed by atoms with van der Waals surface area (Å²) >= 11 is 1.91. The first-order valence-corrected chi connectivity index (χ1v) is 5.53. The van der Waals surface area contributed by atoms with Crippen molar-refractivity contribution in [2.75, 3.05) is 12.8 Å². The first-order valence-electron chi connectivity index (χ1n) is 4.24. The molecule has 0 heterocycles. The van der Waals surface area contributed by atoms with Crippen molar-refractivity contribution in [1.29, 1.82) is 0 Å². The van der Waals surface area contributed by atoms with E-state index < -0.39 is 0 Å². The number of rotatable bonds is 4. The molecule has 1 atom stereocenters. The zero-order valence-electron chi connectivity index (χ0n) is 7.34. The van der Waals surface area contributed by atoms with Gasteiger partial charge in [-0.1, -0.05) is 6.92 Å². The first kappa shape index (κ1) is 9.36. The van der Waals surface area contributed by atoms with E-state index in [4.69, 9.17) is 5.73 Å². The van der Waals surface area contributed by atoms with Gasteiger partial charge in [-0.15, -0.1) is 0 Å². The molecule has 0 spiro atoms.